The highest BCUT2D eigenvalue weighted by Gasteiger charge is 2.22. The van der Waals surface area contributed by atoms with Gasteiger partial charge in [-0.05, 0) is 36.8 Å². The molecule has 1 N–H and O–H groups in total. The van der Waals surface area contributed by atoms with Crippen LogP contribution in [0.1, 0.15) is 23.3 Å². The van der Waals surface area contributed by atoms with Crippen LogP contribution in [-0.4, -0.2) is 23.3 Å². The molecule has 0 atom stereocenters. The molecule has 0 saturated carbocycles. The number of hydrogen-bond donors (Lipinski definition) is 1. The van der Waals surface area contributed by atoms with Crippen LogP contribution < -0.4 is 10.2 Å². The summed E-state index contributed by atoms with van der Waals surface area (Å²) in [6.07, 6.45) is 3.01. The molecular formula is C18H15N3O3S. The van der Waals surface area contributed by atoms with Crippen molar-refractivity contribution in [1.82, 2.24) is 4.98 Å². The summed E-state index contributed by atoms with van der Waals surface area (Å²) in [7, 11) is 0. The van der Waals surface area contributed by atoms with Crippen LogP contribution in [0.4, 0.5) is 11.4 Å². The van der Waals surface area contributed by atoms with Crippen LogP contribution in [0.15, 0.2) is 52.5 Å². The van der Waals surface area contributed by atoms with Gasteiger partial charge in [0.25, 0.3) is 5.91 Å². The highest BCUT2D eigenvalue weighted by atomic mass is 32.1. The molecule has 2 aromatic heterocycles. The van der Waals surface area contributed by atoms with Gasteiger partial charge in [-0.2, -0.15) is 0 Å². The molecule has 1 aliphatic heterocycles. The Labute approximate surface area is 148 Å². The maximum absolute atomic E-state index is 12.4. The van der Waals surface area contributed by atoms with Crippen molar-refractivity contribution in [1.29, 1.82) is 0 Å². The van der Waals surface area contributed by atoms with Crippen molar-refractivity contribution in [2.75, 3.05) is 16.8 Å². The molecule has 1 aromatic carbocycles. The Morgan fingerprint density at radius 3 is 2.96 bits per heavy atom. The third-order valence-electron chi connectivity index (χ3n) is 3.96. The van der Waals surface area contributed by atoms with E-state index in [4.69, 9.17) is 4.42 Å². The zero-order valence-corrected chi connectivity index (χ0v) is 14.1. The van der Waals surface area contributed by atoms with Crippen molar-refractivity contribution in [3.05, 3.63) is 53.7 Å². The number of carbonyl (C=O) groups is 2. The molecule has 126 valence electrons. The largest absolute Gasteiger partial charge is 0.462 e. The van der Waals surface area contributed by atoms with Gasteiger partial charge in [-0.25, -0.2) is 4.98 Å². The maximum atomic E-state index is 12.4. The molecular weight excluding hydrogens is 338 g/mol. The topological polar surface area (TPSA) is 75.4 Å². The van der Waals surface area contributed by atoms with Crippen LogP contribution in [0.3, 0.4) is 0 Å². The molecule has 1 saturated heterocycles. The minimum absolute atomic E-state index is 0.117. The van der Waals surface area contributed by atoms with E-state index >= 15 is 0 Å². The third-order valence-corrected chi connectivity index (χ3v) is 4.81. The van der Waals surface area contributed by atoms with Gasteiger partial charge in [-0.3, -0.25) is 9.59 Å². The third kappa shape index (κ3) is 3.18. The zero-order valence-electron chi connectivity index (χ0n) is 13.3. The van der Waals surface area contributed by atoms with Crippen molar-refractivity contribution in [2.45, 2.75) is 12.8 Å². The minimum atomic E-state index is -0.293. The van der Waals surface area contributed by atoms with E-state index in [-0.39, 0.29) is 11.8 Å². The Morgan fingerprint density at radius 1 is 1.28 bits per heavy atom. The lowest BCUT2D eigenvalue weighted by Gasteiger charge is -2.16. The first-order valence-corrected chi connectivity index (χ1v) is 8.80. The second-order valence-electron chi connectivity index (χ2n) is 5.67. The molecule has 3 aromatic rings. The van der Waals surface area contributed by atoms with E-state index in [1.165, 1.54) is 11.3 Å². The van der Waals surface area contributed by atoms with Crippen LogP contribution in [0, 0.1) is 0 Å². The quantitative estimate of drug-likeness (QED) is 0.774. The smallest absolute Gasteiger partial charge is 0.275 e. The Kier molecular flexibility index (Phi) is 4.07. The van der Waals surface area contributed by atoms with Crippen LogP contribution in [0.5, 0.6) is 0 Å². The van der Waals surface area contributed by atoms with E-state index in [1.807, 2.05) is 12.1 Å². The summed E-state index contributed by atoms with van der Waals surface area (Å²) in [5, 5.41) is 5.19. The molecule has 7 heteroatoms. The second-order valence-corrected chi connectivity index (χ2v) is 6.53. The normalized spacial score (nSPS) is 14.1. The van der Waals surface area contributed by atoms with Gasteiger partial charge >= 0.3 is 0 Å². The number of nitrogens with zero attached hydrogens (tertiary/aromatic N) is 2. The van der Waals surface area contributed by atoms with Gasteiger partial charge in [0.2, 0.25) is 5.91 Å². The molecule has 1 fully saturated rings. The predicted molar refractivity (Wildman–Crippen MR) is 95.8 cm³/mol. The van der Waals surface area contributed by atoms with Crippen molar-refractivity contribution >= 4 is 34.5 Å². The molecule has 4 rings (SSSR count). The van der Waals surface area contributed by atoms with Gasteiger partial charge in [0.05, 0.1) is 6.26 Å². The number of anilines is 2. The molecule has 25 heavy (non-hydrogen) atoms. The van der Waals surface area contributed by atoms with Gasteiger partial charge in [0, 0.05) is 29.7 Å². The summed E-state index contributed by atoms with van der Waals surface area (Å²) in [5.74, 6) is 0.462. The Bertz CT molecular complexity index is 917. The zero-order chi connectivity index (χ0) is 17.2. The highest BCUT2D eigenvalue weighted by Crippen LogP contribution is 2.26. The number of rotatable bonds is 4. The number of thiazole rings is 1. The van der Waals surface area contributed by atoms with Crippen LogP contribution in [-0.2, 0) is 4.79 Å². The molecule has 0 bridgehead atoms. The van der Waals surface area contributed by atoms with Gasteiger partial charge in [-0.15, -0.1) is 11.3 Å². The molecule has 6 nitrogen and oxygen atoms in total. The summed E-state index contributed by atoms with van der Waals surface area (Å²) < 4.78 is 5.29. The number of carbonyl (C=O) groups excluding carboxylic acids is 2. The van der Waals surface area contributed by atoms with Crippen LogP contribution >= 0.6 is 11.3 Å². The average molecular weight is 353 g/mol. The van der Waals surface area contributed by atoms with E-state index in [0.29, 0.717) is 28.6 Å². The van der Waals surface area contributed by atoms with Gasteiger partial charge < -0.3 is 14.6 Å². The van der Waals surface area contributed by atoms with E-state index in [1.54, 1.807) is 40.8 Å². The first-order valence-electron chi connectivity index (χ1n) is 7.92. The van der Waals surface area contributed by atoms with Gasteiger partial charge in [0.1, 0.15) is 5.69 Å². The standard InChI is InChI=1S/C18H15N3O3S/c22-16-7-2-8-21(16)13-5-1-4-12(10-13)19-17(23)14-11-25-18(20-14)15-6-3-9-24-15/h1,3-6,9-11H,2,7-8H2,(H,19,23). The fraction of sp³-hybridized carbons (Fsp3) is 0.167. The van der Waals surface area contributed by atoms with E-state index in [0.717, 1.165) is 18.7 Å². The fourth-order valence-corrected chi connectivity index (χ4v) is 3.53. The summed E-state index contributed by atoms with van der Waals surface area (Å²) >= 11 is 1.35. The monoisotopic (exact) mass is 353 g/mol. The number of amides is 2. The number of hydrogen-bond acceptors (Lipinski definition) is 5. The summed E-state index contributed by atoms with van der Waals surface area (Å²) in [4.78, 5) is 30.3. The van der Waals surface area contributed by atoms with Crippen LogP contribution in [0.2, 0.25) is 0 Å². The maximum Gasteiger partial charge on any atom is 0.275 e. The highest BCUT2D eigenvalue weighted by molar-refractivity contribution is 7.13. The molecule has 3 heterocycles. The molecule has 0 unspecified atom stereocenters. The molecule has 0 radical (unpaired) electrons. The number of benzene rings is 1. The Hall–Kier alpha value is -2.93. The number of aromatic nitrogens is 1. The lowest BCUT2D eigenvalue weighted by Crippen LogP contribution is -2.23. The van der Waals surface area contributed by atoms with E-state index in [2.05, 4.69) is 10.3 Å². The average Bonchev–Trinajstić information content (AvgIpc) is 3.36. The Balaban J connectivity index is 1.50. The lowest BCUT2D eigenvalue weighted by atomic mass is 10.2. The van der Waals surface area contributed by atoms with E-state index < -0.39 is 0 Å². The first kappa shape index (κ1) is 15.6. The minimum Gasteiger partial charge on any atom is -0.462 e. The Morgan fingerprint density at radius 2 is 2.20 bits per heavy atom. The van der Waals surface area contributed by atoms with Crippen LogP contribution in [0.25, 0.3) is 10.8 Å². The molecule has 2 amide bonds. The lowest BCUT2D eigenvalue weighted by molar-refractivity contribution is -0.117. The number of furan rings is 1. The van der Waals surface area contributed by atoms with Crippen molar-refractivity contribution in [2.24, 2.45) is 0 Å². The van der Waals surface area contributed by atoms with Gasteiger partial charge in [0.15, 0.2) is 10.8 Å². The number of nitrogens with one attached hydrogen (secondary N) is 1. The summed E-state index contributed by atoms with van der Waals surface area (Å²) in [5.41, 5.74) is 1.77. The predicted octanol–water partition coefficient (Wildman–Crippen LogP) is 3.78. The first-order chi connectivity index (χ1) is 12.2. The van der Waals surface area contributed by atoms with Crippen molar-refractivity contribution in [3.8, 4) is 10.8 Å². The van der Waals surface area contributed by atoms with Gasteiger partial charge in [-0.1, -0.05) is 6.07 Å². The van der Waals surface area contributed by atoms with Crippen molar-refractivity contribution in [3.63, 3.8) is 0 Å². The van der Waals surface area contributed by atoms with Crippen molar-refractivity contribution < 1.29 is 14.0 Å². The second kappa shape index (κ2) is 6.52. The summed E-state index contributed by atoms with van der Waals surface area (Å²) in [6.45, 7) is 0.717. The molecule has 0 aliphatic carbocycles. The molecule has 0 spiro atoms. The van der Waals surface area contributed by atoms with E-state index in [9.17, 15) is 9.59 Å². The SMILES string of the molecule is O=C(Nc1cccc(N2CCCC2=O)c1)c1csc(-c2ccco2)n1. The summed E-state index contributed by atoms with van der Waals surface area (Å²) in [6, 6.07) is 10.9. The fourth-order valence-electron chi connectivity index (χ4n) is 2.76. The molecule has 1 aliphatic rings.